The second-order valence-corrected chi connectivity index (χ2v) is 7.35. The quantitative estimate of drug-likeness (QED) is 0.556. The van der Waals surface area contributed by atoms with Gasteiger partial charge < -0.3 is 24.3 Å². The van der Waals surface area contributed by atoms with Gasteiger partial charge in [0.05, 0.1) is 7.11 Å². The summed E-state index contributed by atoms with van der Waals surface area (Å²) in [5.41, 5.74) is 0.294. The maximum absolute atomic E-state index is 12.5. The Morgan fingerprint density at radius 1 is 1.00 bits per heavy atom. The summed E-state index contributed by atoms with van der Waals surface area (Å²) in [6, 6.07) is 13.7. The topological polar surface area (TPSA) is 83.1 Å². The first-order valence-electron chi connectivity index (χ1n) is 9.24. The van der Waals surface area contributed by atoms with Crippen molar-refractivity contribution in [1.29, 1.82) is 0 Å². The van der Waals surface area contributed by atoms with E-state index in [1.807, 2.05) is 30.3 Å². The number of hydrogen-bond donors (Lipinski definition) is 1. The van der Waals surface area contributed by atoms with Crippen LogP contribution < -0.4 is 19.5 Å². The Kier molecular flexibility index (Phi) is 7.47. The minimum absolute atomic E-state index is 0.147. The maximum Gasteiger partial charge on any atom is 0.408 e. The largest absolute Gasteiger partial charge is 0.493 e. The van der Waals surface area contributed by atoms with E-state index in [1.165, 1.54) is 14.0 Å². The van der Waals surface area contributed by atoms with E-state index in [9.17, 15) is 9.59 Å². The Bertz CT molecular complexity index is 829. The highest BCUT2D eigenvalue weighted by atomic mass is 16.6. The molecule has 7 heteroatoms. The molecule has 0 spiro atoms. The lowest BCUT2D eigenvalue weighted by Gasteiger charge is -2.21. The fraction of sp³-hybridized carbons (Fsp3) is 0.364. The molecule has 0 saturated carbocycles. The van der Waals surface area contributed by atoms with Crippen molar-refractivity contribution in [2.75, 3.05) is 7.11 Å². The molecule has 0 aromatic heterocycles. The predicted octanol–water partition coefficient (Wildman–Crippen LogP) is 4.09. The van der Waals surface area contributed by atoms with Gasteiger partial charge in [-0.2, -0.15) is 0 Å². The number of amides is 1. The lowest BCUT2D eigenvalue weighted by Crippen LogP contribution is -2.43. The minimum Gasteiger partial charge on any atom is -0.493 e. The van der Waals surface area contributed by atoms with Gasteiger partial charge in [-0.25, -0.2) is 9.59 Å². The standard InChI is InChI=1S/C22H27NO6/c1-15(23-21(25)29-22(2,3)4)20(24)28-19-17(26-5)12-9-13-18(19)27-14-16-10-7-6-8-11-16/h6-13,15H,14H2,1-5H3,(H,23,25)/t15-/m0/s1. The number of carbonyl (C=O) groups is 2. The summed E-state index contributed by atoms with van der Waals surface area (Å²) in [5, 5.41) is 2.45. The Morgan fingerprint density at radius 3 is 2.28 bits per heavy atom. The summed E-state index contributed by atoms with van der Waals surface area (Å²) in [4.78, 5) is 24.4. The van der Waals surface area contributed by atoms with Gasteiger partial charge in [0.2, 0.25) is 5.75 Å². The fourth-order valence-electron chi connectivity index (χ4n) is 2.34. The zero-order chi connectivity index (χ0) is 21.4. The Hall–Kier alpha value is -3.22. The first-order valence-corrected chi connectivity index (χ1v) is 9.24. The average molecular weight is 401 g/mol. The maximum atomic E-state index is 12.5. The molecule has 7 nitrogen and oxygen atoms in total. The van der Waals surface area contributed by atoms with E-state index >= 15 is 0 Å². The molecule has 0 saturated heterocycles. The van der Waals surface area contributed by atoms with Crippen molar-refractivity contribution < 1.29 is 28.5 Å². The van der Waals surface area contributed by atoms with E-state index in [-0.39, 0.29) is 5.75 Å². The average Bonchev–Trinajstić information content (AvgIpc) is 2.66. The summed E-state index contributed by atoms with van der Waals surface area (Å²) in [7, 11) is 1.47. The van der Waals surface area contributed by atoms with Crippen LogP contribution in [-0.2, 0) is 16.1 Å². The molecule has 29 heavy (non-hydrogen) atoms. The third-order valence-electron chi connectivity index (χ3n) is 3.69. The van der Waals surface area contributed by atoms with Gasteiger partial charge in [-0.05, 0) is 45.4 Å². The highest BCUT2D eigenvalue weighted by Crippen LogP contribution is 2.37. The van der Waals surface area contributed by atoms with Crippen molar-refractivity contribution in [3.63, 3.8) is 0 Å². The molecular formula is C22H27NO6. The fourth-order valence-corrected chi connectivity index (χ4v) is 2.34. The van der Waals surface area contributed by atoms with Crippen LogP contribution in [0, 0.1) is 0 Å². The van der Waals surface area contributed by atoms with Crippen molar-refractivity contribution >= 4 is 12.1 Å². The summed E-state index contributed by atoms with van der Waals surface area (Å²) in [6.45, 7) is 7.01. The smallest absolute Gasteiger partial charge is 0.408 e. The number of methoxy groups -OCH3 is 1. The normalized spacial score (nSPS) is 11.9. The number of benzene rings is 2. The number of rotatable bonds is 7. The number of esters is 1. The van der Waals surface area contributed by atoms with Crippen molar-refractivity contribution in [2.45, 2.75) is 45.9 Å². The van der Waals surface area contributed by atoms with E-state index < -0.39 is 23.7 Å². The van der Waals surface area contributed by atoms with Crippen LogP contribution in [0.1, 0.15) is 33.3 Å². The summed E-state index contributed by atoms with van der Waals surface area (Å²) < 4.78 is 21.8. The van der Waals surface area contributed by atoms with Crippen molar-refractivity contribution in [3.05, 3.63) is 54.1 Å². The van der Waals surface area contributed by atoms with Crippen LogP contribution in [0.25, 0.3) is 0 Å². The molecule has 0 bridgehead atoms. The number of hydrogen-bond acceptors (Lipinski definition) is 6. The molecule has 2 aromatic rings. The molecule has 0 fully saturated rings. The molecule has 0 aliphatic rings. The van der Waals surface area contributed by atoms with Crippen molar-refractivity contribution in [2.24, 2.45) is 0 Å². The van der Waals surface area contributed by atoms with Gasteiger partial charge in [-0.3, -0.25) is 0 Å². The Labute approximate surface area is 170 Å². The van der Waals surface area contributed by atoms with E-state index in [0.29, 0.717) is 18.1 Å². The van der Waals surface area contributed by atoms with Crippen LogP contribution in [0.5, 0.6) is 17.2 Å². The number of carbonyl (C=O) groups excluding carboxylic acids is 2. The summed E-state index contributed by atoms with van der Waals surface area (Å²) in [6.07, 6.45) is -0.706. The molecule has 1 amide bonds. The molecule has 156 valence electrons. The van der Waals surface area contributed by atoms with Gasteiger partial charge in [0, 0.05) is 0 Å². The SMILES string of the molecule is COc1cccc(OCc2ccccc2)c1OC(=O)[C@H](C)NC(=O)OC(C)(C)C. The molecule has 1 N–H and O–H groups in total. The van der Waals surface area contributed by atoms with Crippen LogP contribution >= 0.6 is 0 Å². The van der Waals surface area contributed by atoms with E-state index in [4.69, 9.17) is 18.9 Å². The van der Waals surface area contributed by atoms with Crippen LogP contribution in [0.4, 0.5) is 4.79 Å². The van der Waals surface area contributed by atoms with E-state index in [2.05, 4.69) is 5.32 Å². The lowest BCUT2D eigenvalue weighted by atomic mass is 10.2. The zero-order valence-electron chi connectivity index (χ0n) is 17.4. The third-order valence-corrected chi connectivity index (χ3v) is 3.69. The van der Waals surface area contributed by atoms with E-state index in [0.717, 1.165) is 5.56 Å². The van der Waals surface area contributed by atoms with Crippen molar-refractivity contribution in [1.82, 2.24) is 5.32 Å². The highest BCUT2D eigenvalue weighted by molar-refractivity contribution is 5.83. The highest BCUT2D eigenvalue weighted by Gasteiger charge is 2.24. The van der Waals surface area contributed by atoms with Gasteiger partial charge in [0.25, 0.3) is 0 Å². The monoisotopic (exact) mass is 401 g/mol. The number of alkyl carbamates (subject to hydrolysis) is 1. The number of ether oxygens (including phenoxy) is 4. The van der Waals surface area contributed by atoms with Gasteiger partial charge in [-0.15, -0.1) is 0 Å². The molecule has 0 aliphatic carbocycles. The summed E-state index contributed by atoms with van der Waals surface area (Å²) in [5.74, 6) is 0.165. The Morgan fingerprint density at radius 2 is 1.66 bits per heavy atom. The second kappa shape index (κ2) is 9.82. The molecule has 1 atom stereocenters. The van der Waals surface area contributed by atoms with Crippen LogP contribution in [-0.4, -0.2) is 30.8 Å². The Balaban J connectivity index is 2.09. The summed E-state index contributed by atoms with van der Waals surface area (Å²) >= 11 is 0. The molecule has 0 radical (unpaired) electrons. The predicted molar refractivity (Wildman–Crippen MR) is 108 cm³/mol. The van der Waals surface area contributed by atoms with Gasteiger partial charge in [0.1, 0.15) is 18.2 Å². The zero-order valence-corrected chi connectivity index (χ0v) is 17.4. The lowest BCUT2D eigenvalue weighted by molar-refractivity contribution is -0.136. The number of nitrogens with one attached hydrogen (secondary N) is 1. The first kappa shape index (κ1) is 22.1. The van der Waals surface area contributed by atoms with Crippen LogP contribution in [0.15, 0.2) is 48.5 Å². The number of para-hydroxylation sites is 1. The molecule has 2 aromatic carbocycles. The molecule has 2 rings (SSSR count). The van der Waals surface area contributed by atoms with Crippen LogP contribution in [0.3, 0.4) is 0 Å². The van der Waals surface area contributed by atoms with Gasteiger partial charge >= 0.3 is 12.1 Å². The second-order valence-electron chi connectivity index (χ2n) is 7.35. The van der Waals surface area contributed by atoms with Crippen LogP contribution in [0.2, 0.25) is 0 Å². The molecule has 0 heterocycles. The molecule has 0 aliphatic heterocycles. The minimum atomic E-state index is -0.934. The first-order chi connectivity index (χ1) is 13.7. The molecule has 0 unspecified atom stereocenters. The van der Waals surface area contributed by atoms with Crippen molar-refractivity contribution in [3.8, 4) is 17.2 Å². The van der Waals surface area contributed by atoms with Gasteiger partial charge in [-0.1, -0.05) is 36.4 Å². The van der Waals surface area contributed by atoms with E-state index in [1.54, 1.807) is 39.0 Å². The third kappa shape index (κ3) is 7.03. The molecular weight excluding hydrogens is 374 g/mol. The van der Waals surface area contributed by atoms with Gasteiger partial charge in [0.15, 0.2) is 11.5 Å².